The molecule has 3 aromatic carbocycles. The number of aryl methyl sites for hydroxylation is 4. The Bertz CT molecular complexity index is 1100. The summed E-state index contributed by atoms with van der Waals surface area (Å²) in [4.78, 5) is 0. The van der Waals surface area contributed by atoms with Gasteiger partial charge >= 0.3 is 22.1 Å². The van der Waals surface area contributed by atoms with E-state index in [2.05, 4.69) is 0 Å². The number of benzene rings is 3. The van der Waals surface area contributed by atoms with E-state index in [1.54, 1.807) is 25.1 Å². The van der Waals surface area contributed by atoms with Gasteiger partial charge in [0.15, 0.2) is 17.2 Å². The fourth-order valence-corrected chi connectivity index (χ4v) is 4.51. The van der Waals surface area contributed by atoms with Crippen molar-refractivity contribution in [1.82, 2.24) is 0 Å². The summed E-state index contributed by atoms with van der Waals surface area (Å²) in [5.74, 6) is 1.15. The number of hydrogen-bond acceptors (Lipinski definition) is 6. The van der Waals surface area contributed by atoms with Crippen LogP contribution in [0.25, 0.3) is 0 Å². The van der Waals surface area contributed by atoms with E-state index in [0.717, 1.165) is 22.3 Å². The number of ether oxygens (including phenoxy) is 1. The van der Waals surface area contributed by atoms with Crippen LogP contribution >= 0.6 is 16.3 Å². The smallest absolute Gasteiger partial charge is 0.443 e. The Hall–Kier alpha value is -2.94. The molecule has 0 aliphatic heterocycles. The fourth-order valence-electron chi connectivity index (χ4n) is 3.09. The molecule has 3 aromatic rings. The maximum Gasteiger partial charge on any atom is 0.805 e. The Labute approximate surface area is 190 Å². The molecule has 3 unspecified atom stereocenters. The SMILES string of the molecule is Cc1cccc(C)c1OC(C)[P+](=O)Oc1cccc(O[P+](=O)Oc2c(C)cccc2C)c1. The molecule has 8 heteroatoms. The van der Waals surface area contributed by atoms with Gasteiger partial charge < -0.3 is 4.74 Å². The maximum atomic E-state index is 12.7. The van der Waals surface area contributed by atoms with Crippen molar-refractivity contribution in [2.24, 2.45) is 0 Å². The van der Waals surface area contributed by atoms with Crippen molar-refractivity contribution in [1.29, 1.82) is 0 Å². The van der Waals surface area contributed by atoms with Gasteiger partial charge in [-0.1, -0.05) is 42.5 Å². The molecule has 0 aromatic heterocycles. The topological polar surface area (TPSA) is 71.1 Å². The van der Waals surface area contributed by atoms with Crippen LogP contribution in [0.4, 0.5) is 0 Å². The Kier molecular flexibility index (Phi) is 7.84. The first-order valence-electron chi connectivity index (χ1n) is 10.1. The third-order valence-electron chi connectivity index (χ3n) is 4.75. The van der Waals surface area contributed by atoms with Crippen molar-refractivity contribution < 1.29 is 27.4 Å². The van der Waals surface area contributed by atoms with Gasteiger partial charge in [-0.25, -0.2) is 9.05 Å². The van der Waals surface area contributed by atoms with Gasteiger partial charge in [0.25, 0.3) is 0 Å². The molecule has 0 heterocycles. The third kappa shape index (κ3) is 6.06. The van der Waals surface area contributed by atoms with Crippen molar-refractivity contribution >= 4 is 16.3 Å². The highest BCUT2D eigenvalue weighted by Gasteiger charge is 2.33. The quantitative estimate of drug-likeness (QED) is 0.299. The van der Waals surface area contributed by atoms with E-state index in [-0.39, 0.29) is 5.75 Å². The molecule has 3 atom stereocenters. The summed E-state index contributed by atoms with van der Waals surface area (Å²) in [5.41, 5.74) is 3.65. The first kappa shape index (κ1) is 23.7. The average molecular weight is 472 g/mol. The number of para-hydroxylation sites is 2. The second kappa shape index (κ2) is 10.6. The van der Waals surface area contributed by atoms with E-state index in [4.69, 9.17) is 18.3 Å². The van der Waals surface area contributed by atoms with Gasteiger partial charge in [0.1, 0.15) is 5.75 Å². The lowest BCUT2D eigenvalue weighted by Crippen LogP contribution is -2.10. The monoisotopic (exact) mass is 472 g/mol. The number of rotatable bonds is 9. The van der Waals surface area contributed by atoms with Crippen LogP contribution in [0, 0.1) is 27.7 Å². The van der Waals surface area contributed by atoms with Gasteiger partial charge in [0, 0.05) is 17.6 Å². The molecule has 6 nitrogen and oxygen atoms in total. The first-order chi connectivity index (χ1) is 15.2. The lowest BCUT2D eigenvalue weighted by atomic mass is 10.1. The van der Waals surface area contributed by atoms with Gasteiger partial charge in [0.05, 0.1) is 0 Å². The summed E-state index contributed by atoms with van der Waals surface area (Å²) < 4.78 is 47.4. The summed E-state index contributed by atoms with van der Waals surface area (Å²) in [6, 6.07) is 17.9. The van der Waals surface area contributed by atoms with Gasteiger partial charge in [-0.05, 0) is 66.6 Å². The molecule has 32 heavy (non-hydrogen) atoms. The molecule has 3 rings (SSSR count). The molecular formula is C24H26O6P2+2. The highest BCUT2D eigenvalue weighted by molar-refractivity contribution is 7.40. The van der Waals surface area contributed by atoms with Crippen LogP contribution in [-0.4, -0.2) is 5.85 Å². The highest BCUT2D eigenvalue weighted by Crippen LogP contribution is 2.38. The molecule has 0 aliphatic rings. The van der Waals surface area contributed by atoms with Crippen LogP contribution in [0.15, 0.2) is 60.7 Å². The molecule has 0 aliphatic carbocycles. The summed E-state index contributed by atoms with van der Waals surface area (Å²) in [6.07, 6.45) is 0. The molecule has 0 saturated carbocycles. The van der Waals surface area contributed by atoms with Crippen LogP contribution in [0.1, 0.15) is 29.2 Å². The van der Waals surface area contributed by atoms with Crippen LogP contribution in [0.5, 0.6) is 23.0 Å². The summed E-state index contributed by atoms with van der Waals surface area (Å²) in [7, 11) is -4.63. The van der Waals surface area contributed by atoms with E-state index in [1.807, 2.05) is 64.1 Å². The Morgan fingerprint density at radius 2 is 1.12 bits per heavy atom. The van der Waals surface area contributed by atoms with Crippen LogP contribution < -0.4 is 18.3 Å². The third-order valence-corrected chi connectivity index (χ3v) is 6.53. The second-order valence-electron chi connectivity index (χ2n) is 7.42. The Balaban J connectivity index is 1.63. The summed E-state index contributed by atoms with van der Waals surface area (Å²) >= 11 is 0. The lowest BCUT2D eigenvalue weighted by Gasteiger charge is -2.11. The zero-order chi connectivity index (χ0) is 23.3. The molecule has 0 amide bonds. The van der Waals surface area contributed by atoms with Crippen LogP contribution in [0.2, 0.25) is 0 Å². The van der Waals surface area contributed by atoms with Crippen molar-refractivity contribution in [3.8, 4) is 23.0 Å². The Morgan fingerprint density at radius 3 is 1.69 bits per heavy atom. The second-order valence-corrected chi connectivity index (χ2v) is 9.71. The Morgan fingerprint density at radius 1 is 0.656 bits per heavy atom. The molecule has 0 fully saturated rings. The van der Waals surface area contributed by atoms with Gasteiger partial charge in [-0.3, -0.25) is 4.52 Å². The van der Waals surface area contributed by atoms with E-state index in [1.165, 1.54) is 6.07 Å². The molecule has 0 N–H and O–H groups in total. The van der Waals surface area contributed by atoms with Crippen molar-refractivity contribution in [3.05, 3.63) is 82.9 Å². The van der Waals surface area contributed by atoms with Gasteiger partial charge in [-0.15, -0.1) is 0 Å². The summed E-state index contributed by atoms with van der Waals surface area (Å²) in [6.45, 7) is 9.31. The van der Waals surface area contributed by atoms with E-state index < -0.39 is 22.1 Å². The zero-order valence-corrected chi connectivity index (χ0v) is 20.5. The highest BCUT2D eigenvalue weighted by atomic mass is 31.1. The van der Waals surface area contributed by atoms with E-state index in [9.17, 15) is 9.13 Å². The molecule has 0 saturated heterocycles. The molecular weight excluding hydrogens is 446 g/mol. The lowest BCUT2D eigenvalue weighted by molar-refractivity contribution is 0.278. The van der Waals surface area contributed by atoms with Gasteiger partial charge in [0.2, 0.25) is 0 Å². The fraction of sp³-hybridized carbons (Fsp3) is 0.250. The first-order valence-corrected chi connectivity index (χ1v) is 12.5. The minimum absolute atomic E-state index is 0.279. The largest absolute Gasteiger partial charge is 0.805 e. The van der Waals surface area contributed by atoms with Crippen molar-refractivity contribution in [3.63, 3.8) is 0 Å². The molecule has 166 valence electrons. The zero-order valence-electron chi connectivity index (χ0n) is 18.7. The minimum atomic E-state index is -2.45. The van der Waals surface area contributed by atoms with Crippen LogP contribution in [0.3, 0.4) is 0 Å². The predicted octanol–water partition coefficient (Wildman–Crippen LogP) is 7.58. The van der Waals surface area contributed by atoms with Crippen molar-refractivity contribution in [2.75, 3.05) is 0 Å². The predicted molar refractivity (Wildman–Crippen MR) is 125 cm³/mol. The molecule has 0 bridgehead atoms. The van der Waals surface area contributed by atoms with E-state index >= 15 is 0 Å². The maximum absolute atomic E-state index is 12.7. The van der Waals surface area contributed by atoms with E-state index in [0.29, 0.717) is 17.2 Å². The standard InChI is InChI=1S/C24H26O6P2/c1-16-9-6-10-17(2)23(16)27-20(5)31(25)28-21-13-8-14-22(15-21)29-32(26)30-24-18(3)11-7-12-19(24)4/h6-15,20H,1-5H3/q+2. The summed E-state index contributed by atoms with van der Waals surface area (Å²) in [5, 5.41) is 0. The van der Waals surface area contributed by atoms with Gasteiger partial charge in [-0.2, -0.15) is 0 Å². The molecule has 0 radical (unpaired) electrons. The molecule has 0 spiro atoms. The normalized spacial score (nSPS) is 12.5. The van der Waals surface area contributed by atoms with Crippen LogP contribution in [-0.2, 0) is 9.13 Å². The number of hydrogen-bond donors (Lipinski definition) is 0. The van der Waals surface area contributed by atoms with Crippen molar-refractivity contribution in [2.45, 2.75) is 40.5 Å². The minimum Gasteiger partial charge on any atom is -0.443 e. The average Bonchev–Trinajstić information content (AvgIpc) is 2.73.